The summed E-state index contributed by atoms with van der Waals surface area (Å²) in [5.74, 6) is -0.558. The first-order valence-corrected chi connectivity index (χ1v) is 15.2. The molecule has 0 fully saturated rings. The Kier molecular flexibility index (Phi) is 10.7. The molecule has 4 aromatic rings. The predicted octanol–water partition coefficient (Wildman–Crippen LogP) is 6.25. The van der Waals surface area contributed by atoms with E-state index in [-0.39, 0.29) is 23.9 Å². The van der Waals surface area contributed by atoms with Gasteiger partial charge in [0.15, 0.2) is 0 Å². The van der Waals surface area contributed by atoms with Crippen LogP contribution in [0.25, 0.3) is 0 Å². The number of aryl methyl sites for hydroxylation is 2. The average Bonchev–Trinajstić information content (AvgIpc) is 3.43. The summed E-state index contributed by atoms with van der Waals surface area (Å²) in [6.45, 7) is 8.34. The van der Waals surface area contributed by atoms with Crippen molar-refractivity contribution in [3.63, 3.8) is 0 Å². The predicted molar refractivity (Wildman–Crippen MR) is 171 cm³/mol. The van der Waals surface area contributed by atoms with Crippen LogP contribution in [0, 0.1) is 13.8 Å². The van der Waals surface area contributed by atoms with Gasteiger partial charge in [0, 0.05) is 33.5 Å². The summed E-state index contributed by atoms with van der Waals surface area (Å²) in [5, 5.41) is 17.6. The molecule has 1 heterocycles. The van der Waals surface area contributed by atoms with E-state index in [2.05, 4.69) is 34.6 Å². The fourth-order valence-electron chi connectivity index (χ4n) is 5.05. The van der Waals surface area contributed by atoms with Crippen molar-refractivity contribution in [3.05, 3.63) is 129 Å². The highest BCUT2D eigenvalue weighted by molar-refractivity contribution is 7.12. The lowest BCUT2D eigenvalue weighted by molar-refractivity contribution is 0.0656. The second-order valence-corrected chi connectivity index (χ2v) is 12.4. The molecule has 0 aliphatic rings. The van der Waals surface area contributed by atoms with Crippen LogP contribution in [0.5, 0.6) is 0 Å². The Labute approximate surface area is 253 Å². The monoisotopic (exact) mass is 583 g/mol. The molecule has 0 bridgehead atoms. The largest absolute Gasteiger partial charge is 0.390 e. The van der Waals surface area contributed by atoms with E-state index in [1.54, 1.807) is 29.5 Å². The number of hydrogen-bond acceptors (Lipinski definition) is 5. The Bertz CT molecular complexity index is 1470. The van der Waals surface area contributed by atoms with Gasteiger partial charge < -0.3 is 15.7 Å². The minimum Gasteiger partial charge on any atom is -0.390 e. The maximum absolute atomic E-state index is 13.6. The molecular weight excluding hydrogens is 542 g/mol. The summed E-state index contributed by atoms with van der Waals surface area (Å²) in [5.41, 5.74) is 3.80. The van der Waals surface area contributed by atoms with Crippen LogP contribution in [-0.2, 0) is 6.42 Å². The molecular formula is C35H41N3O3S. The van der Waals surface area contributed by atoms with Crippen molar-refractivity contribution >= 4 is 23.2 Å². The molecule has 3 N–H and O–H groups in total. The number of benzene rings is 3. The summed E-state index contributed by atoms with van der Waals surface area (Å²) >= 11 is 1.65. The van der Waals surface area contributed by atoms with Crippen LogP contribution < -0.4 is 10.6 Å². The highest BCUT2D eigenvalue weighted by Gasteiger charge is 2.26. The second kappa shape index (κ2) is 14.4. The second-order valence-electron chi connectivity index (χ2n) is 11.1. The van der Waals surface area contributed by atoms with Crippen molar-refractivity contribution in [3.8, 4) is 0 Å². The van der Waals surface area contributed by atoms with E-state index in [9.17, 15) is 14.7 Å². The fourth-order valence-corrected chi connectivity index (χ4v) is 5.93. The summed E-state index contributed by atoms with van der Waals surface area (Å²) in [7, 11) is 1.98. The van der Waals surface area contributed by atoms with E-state index in [1.165, 1.54) is 4.88 Å². The number of aliphatic hydroxyl groups excluding tert-OH is 1. The first-order valence-electron chi connectivity index (χ1n) is 14.4. The standard InChI is InChI=1S/C35H41N3O3S/c1-23-18-29(34(40)36-25(3)33-17-16-24(2)42-33)21-30(19-23)35(41)37-31(20-27-12-8-6-9-13-27)32(39)22-38(5)26(4)28-14-10-7-11-15-28/h6-19,21,25-26,31-32,39H,20,22H2,1-5H3,(H,36,40)(H,37,41)/t25?,26-,31-,32+/m0/s1. The summed E-state index contributed by atoms with van der Waals surface area (Å²) in [4.78, 5) is 31.1. The zero-order chi connectivity index (χ0) is 30.2. The molecule has 2 amide bonds. The summed E-state index contributed by atoms with van der Waals surface area (Å²) < 4.78 is 0. The number of nitrogens with one attached hydrogen (secondary N) is 2. The number of likely N-dealkylation sites (N-methyl/N-ethyl adjacent to an activating group) is 1. The molecule has 220 valence electrons. The maximum atomic E-state index is 13.6. The van der Waals surface area contributed by atoms with Crippen LogP contribution in [-0.4, -0.2) is 47.6 Å². The number of hydrogen-bond donors (Lipinski definition) is 3. The molecule has 0 spiro atoms. The molecule has 0 aliphatic heterocycles. The van der Waals surface area contributed by atoms with Gasteiger partial charge in [0.05, 0.1) is 18.2 Å². The summed E-state index contributed by atoms with van der Waals surface area (Å²) in [6, 6.07) is 28.6. The van der Waals surface area contributed by atoms with Gasteiger partial charge in [-0.25, -0.2) is 0 Å². The first kappa shape index (κ1) is 31.2. The van der Waals surface area contributed by atoms with Gasteiger partial charge in [0.1, 0.15) is 0 Å². The quantitative estimate of drug-likeness (QED) is 0.184. The van der Waals surface area contributed by atoms with Gasteiger partial charge in [-0.15, -0.1) is 11.3 Å². The smallest absolute Gasteiger partial charge is 0.251 e. The highest BCUT2D eigenvalue weighted by Crippen LogP contribution is 2.23. The third kappa shape index (κ3) is 8.38. The topological polar surface area (TPSA) is 81.7 Å². The Hall–Kier alpha value is -3.78. The number of rotatable bonds is 12. The van der Waals surface area contributed by atoms with Crippen molar-refractivity contribution < 1.29 is 14.7 Å². The van der Waals surface area contributed by atoms with Crippen LogP contribution in [0.4, 0.5) is 0 Å². The molecule has 0 saturated carbocycles. The minimum absolute atomic E-state index is 0.0901. The van der Waals surface area contributed by atoms with Crippen molar-refractivity contribution in [1.82, 2.24) is 15.5 Å². The molecule has 6 nitrogen and oxygen atoms in total. The average molecular weight is 584 g/mol. The van der Waals surface area contributed by atoms with Crippen molar-refractivity contribution in [2.24, 2.45) is 0 Å². The number of thiophene rings is 1. The maximum Gasteiger partial charge on any atom is 0.251 e. The minimum atomic E-state index is -0.826. The molecule has 4 atom stereocenters. The third-order valence-corrected chi connectivity index (χ3v) is 8.82. The van der Waals surface area contributed by atoms with Gasteiger partial charge in [-0.2, -0.15) is 0 Å². The lowest BCUT2D eigenvalue weighted by atomic mass is 9.98. The fraction of sp³-hybridized carbons (Fsp3) is 0.314. The molecule has 1 unspecified atom stereocenters. The van der Waals surface area contributed by atoms with E-state index in [1.807, 2.05) is 88.5 Å². The molecule has 42 heavy (non-hydrogen) atoms. The number of carbonyl (C=O) groups is 2. The normalized spacial score (nSPS) is 14.2. The van der Waals surface area contributed by atoms with E-state index >= 15 is 0 Å². The molecule has 0 aliphatic carbocycles. The van der Waals surface area contributed by atoms with Crippen molar-refractivity contribution in [1.29, 1.82) is 0 Å². The Morgan fingerprint density at radius 3 is 2.02 bits per heavy atom. The van der Waals surface area contributed by atoms with E-state index < -0.39 is 12.1 Å². The molecule has 0 saturated heterocycles. The van der Waals surface area contributed by atoms with Crippen molar-refractivity contribution in [2.45, 2.75) is 58.3 Å². The molecule has 7 heteroatoms. The lowest BCUT2D eigenvalue weighted by Crippen LogP contribution is -2.49. The molecule has 4 rings (SSSR count). The van der Waals surface area contributed by atoms with Crippen molar-refractivity contribution in [2.75, 3.05) is 13.6 Å². The van der Waals surface area contributed by atoms with E-state index in [0.717, 1.165) is 21.6 Å². The van der Waals surface area contributed by atoms with Crippen LogP contribution in [0.1, 0.15) is 73.1 Å². The van der Waals surface area contributed by atoms with Gasteiger partial charge in [0.25, 0.3) is 11.8 Å². The molecule has 0 radical (unpaired) electrons. The van der Waals surface area contributed by atoms with Crippen LogP contribution in [0.2, 0.25) is 0 Å². The number of nitrogens with zero attached hydrogens (tertiary/aromatic N) is 1. The Balaban J connectivity index is 1.50. The Morgan fingerprint density at radius 1 is 0.833 bits per heavy atom. The lowest BCUT2D eigenvalue weighted by Gasteiger charge is -2.31. The van der Waals surface area contributed by atoms with Crippen LogP contribution in [0.3, 0.4) is 0 Å². The third-order valence-electron chi connectivity index (χ3n) is 7.63. The zero-order valence-corrected chi connectivity index (χ0v) is 25.8. The first-order chi connectivity index (χ1) is 20.1. The SMILES string of the molecule is Cc1cc(C(=O)NC(C)c2ccc(C)s2)cc(C(=O)N[C@@H](Cc2ccccc2)[C@H](O)CN(C)[C@@H](C)c2ccccc2)c1. The van der Waals surface area contributed by atoms with Gasteiger partial charge in [-0.05, 0) is 88.2 Å². The number of carbonyl (C=O) groups excluding carboxylic acids is 2. The highest BCUT2D eigenvalue weighted by atomic mass is 32.1. The Morgan fingerprint density at radius 2 is 1.43 bits per heavy atom. The van der Waals surface area contributed by atoms with E-state index in [0.29, 0.717) is 24.1 Å². The summed E-state index contributed by atoms with van der Waals surface area (Å²) in [6.07, 6.45) is -0.355. The molecule has 3 aromatic carbocycles. The van der Waals surface area contributed by atoms with Crippen LogP contribution in [0.15, 0.2) is 91.0 Å². The molecule has 1 aromatic heterocycles. The number of aliphatic hydroxyl groups is 1. The van der Waals surface area contributed by atoms with Crippen LogP contribution >= 0.6 is 11.3 Å². The number of amides is 2. The van der Waals surface area contributed by atoms with Gasteiger partial charge >= 0.3 is 0 Å². The van der Waals surface area contributed by atoms with Gasteiger partial charge in [0.2, 0.25) is 0 Å². The zero-order valence-electron chi connectivity index (χ0n) is 25.0. The van der Waals surface area contributed by atoms with Gasteiger partial charge in [-0.1, -0.05) is 60.7 Å². The van der Waals surface area contributed by atoms with E-state index in [4.69, 9.17) is 0 Å². The van der Waals surface area contributed by atoms with Gasteiger partial charge in [-0.3, -0.25) is 14.5 Å².